The summed E-state index contributed by atoms with van der Waals surface area (Å²) in [7, 11) is 0. The number of rotatable bonds is 16. The van der Waals surface area contributed by atoms with E-state index in [1.807, 2.05) is 38.1 Å². The maximum absolute atomic E-state index is 14.9. The number of hydrogen-bond acceptors (Lipinski definition) is 5. The Bertz CT molecular complexity index is 1320. The number of ether oxygens (including phenoxy) is 4. The van der Waals surface area contributed by atoms with Crippen LogP contribution in [0.1, 0.15) is 71.8 Å². The summed E-state index contributed by atoms with van der Waals surface area (Å²) in [5.74, 6) is -0.486. The van der Waals surface area contributed by atoms with Crippen LogP contribution in [0.25, 0.3) is 11.1 Å². The van der Waals surface area contributed by atoms with Gasteiger partial charge in [-0.3, -0.25) is 5.32 Å². The highest BCUT2D eigenvalue weighted by Crippen LogP contribution is 2.33. The maximum Gasteiger partial charge on any atom is 0.190 e. The molecule has 0 amide bonds. The lowest BCUT2D eigenvalue weighted by molar-refractivity contribution is -0.128. The van der Waals surface area contributed by atoms with E-state index < -0.39 is 17.4 Å². The van der Waals surface area contributed by atoms with Crippen LogP contribution in [0, 0.1) is 20.6 Å². The zero-order valence-electron chi connectivity index (χ0n) is 26.4. The molecule has 0 saturated carbocycles. The van der Waals surface area contributed by atoms with Gasteiger partial charge in [0.05, 0.1) is 16.8 Å². The van der Waals surface area contributed by atoms with E-state index in [0.717, 1.165) is 16.5 Å². The SMILES string of the molecule is CCCCCCCCc1ccc(OCCOc2c(F)cc(-c3ccc(OCC4(C)CNC(C)(C)OC4)c(I)c3)cc2F)cc1. The first-order valence-corrected chi connectivity index (χ1v) is 16.8. The Labute approximate surface area is 275 Å². The minimum absolute atomic E-state index is 0.0214. The molecule has 1 atom stereocenters. The lowest BCUT2D eigenvalue weighted by atomic mass is 9.90. The normalized spacial score (nSPS) is 17.8. The summed E-state index contributed by atoms with van der Waals surface area (Å²) in [6.07, 6.45) is 8.72. The smallest absolute Gasteiger partial charge is 0.190 e. The Kier molecular flexibility index (Phi) is 12.7. The number of hydrogen-bond donors (Lipinski definition) is 1. The Hall–Kier alpha value is -2.43. The molecule has 3 aromatic carbocycles. The van der Waals surface area contributed by atoms with Crippen LogP contribution >= 0.6 is 22.6 Å². The summed E-state index contributed by atoms with van der Waals surface area (Å²) in [5, 5.41) is 3.39. The van der Waals surface area contributed by atoms with Gasteiger partial charge >= 0.3 is 0 Å². The molecule has 5 nitrogen and oxygen atoms in total. The molecule has 1 aliphatic rings. The Morgan fingerprint density at radius 2 is 1.50 bits per heavy atom. The van der Waals surface area contributed by atoms with Gasteiger partial charge in [-0.1, -0.05) is 64.2 Å². The van der Waals surface area contributed by atoms with Crippen molar-refractivity contribution >= 4 is 22.6 Å². The van der Waals surface area contributed by atoms with Crippen LogP contribution in [0.15, 0.2) is 54.6 Å². The first-order chi connectivity index (χ1) is 21.1. The van der Waals surface area contributed by atoms with E-state index in [0.29, 0.717) is 35.8 Å². The topological polar surface area (TPSA) is 49.0 Å². The highest BCUT2D eigenvalue weighted by molar-refractivity contribution is 14.1. The van der Waals surface area contributed by atoms with Gasteiger partial charge in [0, 0.05) is 12.0 Å². The Morgan fingerprint density at radius 3 is 2.16 bits per heavy atom. The highest BCUT2D eigenvalue weighted by Gasteiger charge is 2.36. The fraction of sp³-hybridized carbons (Fsp3) is 0.500. The van der Waals surface area contributed by atoms with Gasteiger partial charge in [0.2, 0.25) is 0 Å². The highest BCUT2D eigenvalue weighted by atomic mass is 127. The summed E-state index contributed by atoms with van der Waals surface area (Å²) in [4.78, 5) is 0. The van der Waals surface area contributed by atoms with Gasteiger partial charge in [0.1, 0.15) is 30.4 Å². The van der Waals surface area contributed by atoms with E-state index in [9.17, 15) is 8.78 Å². The van der Waals surface area contributed by atoms with Gasteiger partial charge in [0.15, 0.2) is 17.4 Å². The third kappa shape index (κ3) is 10.3. The zero-order chi connectivity index (χ0) is 31.6. The van der Waals surface area contributed by atoms with Crippen molar-refractivity contribution in [3.8, 4) is 28.4 Å². The molecular formula is C36H46F2INO4. The number of aryl methyl sites for hydroxylation is 1. The fourth-order valence-electron chi connectivity index (χ4n) is 5.05. The second-order valence-corrected chi connectivity index (χ2v) is 13.7. The van der Waals surface area contributed by atoms with Crippen LogP contribution in [0.5, 0.6) is 17.2 Å². The van der Waals surface area contributed by atoms with Crippen LogP contribution in [0.4, 0.5) is 8.78 Å². The minimum atomic E-state index is -0.755. The lowest BCUT2D eigenvalue weighted by Gasteiger charge is -2.42. The van der Waals surface area contributed by atoms with Crippen molar-refractivity contribution in [2.45, 2.75) is 78.4 Å². The van der Waals surface area contributed by atoms with Crippen molar-refractivity contribution in [1.29, 1.82) is 0 Å². The van der Waals surface area contributed by atoms with Crippen molar-refractivity contribution in [3.05, 3.63) is 75.4 Å². The molecule has 1 heterocycles. The molecule has 1 N–H and O–H groups in total. The van der Waals surface area contributed by atoms with Gasteiger partial charge in [-0.2, -0.15) is 0 Å². The van der Waals surface area contributed by atoms with E-state index >= 15 is 0 Å². The molecule has 0 aromatic heterocycles. The first kappa shape index (κ1) is 34.4. The quantitative estimate of drug-likeness (QED) is 0.118. The van der Waals surface area contributed by atoms with Crippen molar-refractivity contribution < 1.29 is 27.7 Å². The van der Waals surface area contributed by atoms with Gasteiger partial charge < -0.3 is 18.9 Å². The summed E-state index contributed by atoms with van der Waals surface area (Å²) in [6, 6.07) is 16.1. The van der Waals surface area contributed by atoms with E-state index in [1.165, 1.54) is 56.2 Å². The van der Waals surface area contributed by atoms with Crippen LogP contribution < -0.4 is 19.5 Å². The summed E-state index contributed by atoms with van der Waals surface area (Å²) < 4.78 is 53.9. The number of nitrogens with one attached hydrogen (secondary N) is 1. The van der Waals surface area contributed by atoms with E-state index in [-0.39, 0.29) is 24.4 Å². The molecule has 0 spiro atoms. The lowest BCUT2D eigenvalue weighted by Crippen LogP contribution is -2.56. The predicted octanol–water partition coefficient (Wildman–Crippen LogP) is 9.34. The van der Waals surface area contributed by atoms with Crippen molar-refractivity contribution in [3.63, 3.8) is 0 Å². The third-order valence-corrected chi connectivity index (χ3v) is 8.75. The van der Waals surface area contributed by atoms with E-state index in [2.05, 4.69) is 53.9 Å². The Balaban J connectivity index is 1.24. The number of halogens is 3. The molecule has 1 saturated heterocycles. The Morgan fingerprint density at radius 1 is 0.818 bits per heavy atom. The second kappa shape index (κ2) is 16.2. The van der Waals surface area contributed by atoms with E-state index in [1.54, 1.807) is 6.07 Å². The largest absolute Gasteiger partial charge is 0.492 e. The average Bonchev–Trinajstić information content (AvgIpc) is 3.00. The van der Waals surface area contributed by atoms with Gasteiger partial charge in [-0.25, -0.2) is 8.78 Å². The molecule has 0 radical (unpaired) electrons. The monoisotopic (exact) mass is 721 g/mol. The summed E-state index contributed by atoms with van der Waals surface area (Å²) >= 11 is 2.18. The predicted molar refractivity (Wildman–Crippen MR) is 181 cm³/mol. The average molecular weight is 722 g/mol. The van der Waals surface area contributed by atoms with Gasteiger partial charge in [0.25, 0.3) is 0 Å². The fourth-order valence-corrected chi connectivity index (χ4v) is 5.73. The number of benzene rings is 3. The number of unbranched alkanes of at least 4 members (excludes halogenated alkanes) is 5. The zero-order valence-corrected chi connectivity index (χ0v) is 28.6. The molecule has 240 valence electrons. The molecule has 3 aromatic rings. The van der Waals surface area contributed by atoms with Crippen LogP contribution in [0.3, 0.4) is 0 Å². The van der Waals surface area contributed by atoms with Crippen LogP contribution in [-0.4, -0.2) is 38.7 Å². The van der Waals surface area contributed by atoms with E-state index in [4.69, 9.17) is 18.9 Å². The van der Waals surface area contributed by atoms with Gasteiger partial charge in [-0.05, 0) is 102 Å². The summed E-state index contributed by atoms with van der Waals surface area (Å²) in [6.45, 7) is 10.4. The third-order valence-electron chi connectivity index (χ3n) is 7.90. The molecular weight excluding hydrogens is 675 g/mol. The van der Waals surface area contributed by atoms with Crippen molar-refractivity contribution in [1.82, 2.24) is 5.32 Å². The first-order valence-electron chi connectivity index (χ1n) is 15.7. The van der Waals surface area contributed by atoms with Crippen LogP contribution in [0.2, 0.25) is 0 Å². The van der Waals surface area contributed by atoms with Crippen molar-refractivity contribution in [2.24, 2.45) is 5.41 Å². The summed E-state index contributed by atoms with van der Waals surface area (Å²) in [5.41, 5.74) is 1.89. The molecule has 44 heavy (non-hydrogen) atoms. The molecule has 1 unspecified atom stereocenters. The van der Waals surface area contributed by atoms with Gasteiger partial charge in [-0.15, -0.1) is 0 Å². The molecule has 0 aliphatic carbocycles. The maximum atomic E-state index is 14.9. The minimum Gasteiger partial charge on any atom is -0.492 e. The molecule has 4 rings (SSSR count). The molecule has 8 heteroatoms. The second-order valence-electron chi connectivity index (χ2n) is 12.5. The van der Waals surface area contributed by atoms with Crippen molar-refractivity contribution in [2.75, 3.05) is 33.0 Å². The molecule has 1 fully saturated rings. The molecule has 1 aliphatic heterocycles. The van der Waals surface area contributed by atoms with Crippen LogP contribution in [-0.2, 0) is 11.2 Å². The molecule has 0 bridgehead atoms. The standard InChI is InChI=1S/C36H46F2INO4/c1-5-6-7-8-9-10-11-26-12-15-29(16-13-26)41-18-19-42-34-30(37)20-28(21-31(34)38)27-14-17-33(32(39)22-27)43-24-36(4)23-40-35(2,3)44-25-36/h12-17,20-22,40H,5-11,18-19,23-25H2,1-4H3.